The highest BCUT2D eigenvalue weighted by Crippen LogP contribution is 2.29. The summed E-state index contributed by atoms with van der Waals surface area (Å²) in [6, 6.07) is 14.6. The van der Waals surface area contributed by atoms with Crippen molar-refractivity contribution in [2.75, 3.05) is 7.11 Å². The summed E-state index contributed by atoms with van der Waals surface area (Å²) >= 11 is 0. The van der Waals surface area contributed by atoms with E-state index in [1.54, 1.807) is 7.11 Å². The number of hydrogen-bond donors (Lipinski definition) is 2. The van der Waals surface area contributed by atoms with Gasteiger partial charge in [-0.2, -0.15) is 0 Å². The van der Waals surface area contributed by atoms with Crippen molar-refractivity contribution in [3.8, 4) is 11.5 Å². The maximum atomic E-state index is 11.5. The molecule has 0 saturated carbocycles. The van der Waals surface area contributed by atoms with Gasteiger partial charge in [0.05, 0.1) is 13.2 Å². The van der Waals surface area contributed by atoms with Gasteiger partial charge in [-0.15, -0.1) is 0 Å². The smallest absolute Gasteiger partial charge is 0.321 e. The lowest BCUT2D eigenvalue weighted by atomic mass is 10.1. The highest BCUT2D eigenvalue weighted by atomic mass is 16.5. The van der Waals surface area contributed by atoms with Crippen LogP contribution in [0, 0.1) is 0 Å². The highest BCUT2D eigenvalue weighted by molar-refractivity contribution is 5.73. The Morgan fingerprint density at radius 3 is 2.40 bits per heavy atom. The summed E-state index contributed by atoms with van der Waals surface area (Å²) in [6.45, 7) is 4.34. The lowest BCUT2D eigenvalue weighted by Gasteiger charge is -2.17. The molecule has 2 aromatic rings. The van der Waals surface area contributed by atoms with Crippen molar-refractivity contribution in [2.24, 2.45) is 0 Å². The van der Waals surface area contributed by atoms with E-state index in [0.717, 1.165) is 11.1 Å². The van der Waals surface area contributed by atoms with E-state index in [2.05, 4.69) is 5.32 Å². The largest absolute Gasteiger partial charge is 0.493 e. The third-order valence-electron chi connectivity index (χ3n) is 3.72. The zero-order chi connectivity index (χ0) is 18.2. The molecule has 0 fully saturated rings. The molecular formula is C20H25NO4. The van der Waals surface area contributed by atoms with Crippen molar-refractivity contribution >= 4 is 5.97 Å². The van der Waals surface area contributed by atoms with Gasteiger partial charge in [0.25, 0.3) is 0 Å². The first kappa shape index (κ1) is 18.8. The molecule has 2 N–H and O–H groups in total. The second-order valence-electron chi connectivity index (χ2n) is 6.11. The number of aliphatic carboxylic acids is 1. The first-order valence-corrected chi connectivity index (χ1v) is 8.33. The van der Waals surface area contributed by atoms with Gasteiger partial charge in [-0.1, -0.05) is 36.4 Å². The molecule has 0 aromatic heterocycles. The van der Waals surface area contributed by atoms with Crippen LogP contribution in [-0.4, -0.2) is 30.3 Å². The summed E-state index contributed by atoms with van der Waals surface area (Å²) < 4.78 is 11.1. The Balaban J connectivity index is 2.03. The Morgan fingerprint density at radius 1 is 1.08 bits per heavy atom. The lowest BCUT2D eigenvalue weighted by molar-refractivity contribution is -0.139. The van der Waals surface area contributed by atoms with Crippen molar-refractivity contribution in [1.29, 1.82) is 0 Å². The lowest BCUT2D eigenvalue weighted by Crippen LogP contribution is -2.38. The Morgan fingerprint density at radius 2 is 1.80 bits per heavy atom. The third kappa shape index (κ3) is 5.80. The molecule has 1 atom stereocenters. The molecule has 0 unspecified atom stereocenters. The molecule has 2 rings (SSSR count). The van der Waals surface area contributed by atoms with E-state index in [1.165, 1.54) is 0 Å². The van der Waals surface area contributed by atoms with Crippen LogP contribution in [0.4, 0.5) is 0 Å². The summed E-state index contributed by atoms with van der Waals surface area (Å²) in [5.74, 6) is 0.457. The van der Waals surface area contributed by atoms with E-state index in [-0.39, 0.29) is 6.10 Å². The number of methoxy groups -OCH3 is 1. The molecule has 0 aliphatic carbocycles. The van der Waals surface area contributed by atoms with Gasteiger partial charge in [0.2, 0.25) is 0 Å². The molecule has 0 radical (unpaired) electrons. The second kappa shape index (κ2) is 9.08. The van der Waals surface area contributed by atoms with Crippen LogP contribution >= 0.6 is 0 Å². The van der Waals surface area contributed by atoms with Crippen LogP contribution in [0.2, 0.25) is 0 Å². The second-order valence-corrected chi connectivity index (χ2v) is 6.11. The molecule has 5 heteroatoms. The molecule has 2 aromatic carbocycles. The van der Waals surface area contributed by atoms with Gasteiger partial charge in [-0.3, -0.25) is 4.79 Å². The van der Waals surface area contributed by atoms with Crippen LogP contribution in [-0.2, 0) is 17.8 Å². The Kier molecular flexibility index (Phi) is 6.83. The molecule has 0 amide bonds. The molecule has 0 saturated heterocycles. The molecule has 134 valence electrons. The van der Waals surface area contributed by atoms with Crippen LogP contribution in [0.25, 0.3) is 0 Å². The van der Waals surface area contributed by atoms with Crippen LogP contribution in [0.5, 0.6) is 11.5 Å². The molecule has 0 aliphatic heterocycles. The Hall–Kier alpha value is -2.53. The van der Waals surface area contributed by atoms with E-state index in [0.29, 0.717) is 24.5 Å². The van der Waals surface area contributed by atoms with Gasteiger partial charge in [-0.05, 0) is 43.5 Å². The van der Waals surface area contributed by atoms with Crippen LogP contribution in [0.15, 0.2) is 48.5 Å². The molecule has 0 spiro atoms. The fourth-order valence-corrected chi connectivity index (χ4v) is 2.51. The topological polar surface area (TPSA) is 67.8 Å². The fraction of sp³-hybridized carbons (Fsp3) is 0.350. The zero-order valence-corrected chi connectivity index (χ0v) is 14.9. The van der Waals surface area contributed by atoms with Gasteiger partial charge < -0.3 is 19.9 Å². The van der Waals surface area contributed by atoms with Gasteiger partial charge in [0, 0.05) is 6.54 Å². The average molecular weight is 343 g/mol. The molecule has 0 heterocycles. The van der Waals surface area contributed by atoms with Crippen molar-refractivity contribution in [3.63, 3.8) is 0 Å². The standard InChI is InChI=1S/C20H25NO4/c1-14(2)25-18-10-9-16(12-19(18)24-3)13-21-17(20(22)23)11-15-7-5-4-6-8-15/h4-10,12,14,17,21H,11,13H2,1-3H3,(H,22,23)/t17-/m0/s1. The minimum atomic E-state index is -0.865. The monoisotopic (exact) mass is 343 g/mol. The molecule has 25 heavy (non-hydrogen) atoms. The predicted molar refractivity (Wildman–Crippen MR) is 97.2 cm³/mol. The molecular weight excluding hydrogens is 318 g/mol. The Bertz CT molecular complexity index is 685. The zero-order valence-electron chi connectivity index (χ0n) is 14.9. The third-order valence-corrected chi connectivity index (χ3v) is 3.72. The fourth-order valence-electron chi connectivity index (χ4n) is 2.51. The minimum absolute atomic E-state index is 0.0557. The van der Waals surface area contributed by atoms with Crippen LogP contribution in [0.1, 0.15) is 25.0 Å². The highest BCUT2D eigenvalue weighted by Gasteiger charge is 2.17. The van der Waals surface area contributed by atoms with E-state index in [4.69, 9.17) is 9.47 Å². The van der Waals surface area contributed by atoms with Crippen molar-refractivity contribution in [1.82, 2.24) is 5.32 Å². The SMILES string of the molecule is COc1cc(CN[C@@H](Cc2ccccc2)C(=O)O)ccc1OC(C)C. The summed E-state index contributed by atoms with van der Waals surface area (Å²) in [6.07, 6.45) is 0.488. The normalized spacial score (nSPS) is 12.0. The summed E-state index contributed by atoms with van der Waals surface area (Å²) in [5, 5.41) is 12.5. The van der Waals surface area contributed by atoms with Gasteiger partial charge in [-0.25, -0.2) is 0 Å². The first-order chi connectivity index (χ1) is 12.0. The number of carbonyl (C=O) groups is 1. The molecule has 0 aliphatic rings. The Labute approximate surface area is 148 Å². The van der Waals surface area contributed by atoms with Crippen molar-refractivity contribution < 1.29 is 19.4 Å². The van der Waals surface area contributed by atoms with E-state index in [1.807, 2.05) is 62.4 Å². The number of carboxylic acid groups (broad SMARTS) is 1. The number of benzene rings is 2. The minimum Gasteiger partial charge on any atom is -0.493 e. The summed E-state index contributed by atoms with van der Waals surface area (Å²) in [5.41, 5.74) is 1.92. The van der Waals surface area contributed by atoms with Gasteiger partial charge in [0.1, 0.15) is 6.04 Å². The average Bonchev–Trinajstić information content (AvgIpc) is 2.59. The quantitative estimate of drug-likeness (QED) is 0.731. The van der Waals surface area contributed by atoms with Crippen LogP contribution in [0.3, 0.4) is 0 Å². The van der Waals surface area contributed by atoms with Gasteiger partial charge in [0.15, 0.2) is 11.5 Å². The number of carboxylic acids is 1. The number of hydrogen-bond acceptors (Lipinski definition) is 4. The maximum absolute atomic E-state index is 11.5. The van der Waals surface area contributed by atoms with Crippen molar-refractivity contribution in [2.45, 2.75) is 39.0 Å². The van der Waals surface area contributed by atoms with Crippen LogP contribution < -0.4 is 14.8 Å². The maximum Gasteiger partial charge on any atom is 0.321 e. The van der Waals surface area contributed by atoms with E-state index in [9.17, 15) is 9.90 Å². The molecule has 5 nitrogen and oxygen atoms in total. The van der Waals surface area contributed by atoms with Crippen molar-refractivity contribution in [3.05, 3.63) is 59.7 Å². The number of nitrogens with one attached hydrogen (secondary N) is 1. The molecule has 0 bridgehead atoms. The number of rotatable bonds is 9. The summed E-state index contributed by atoms with van der Waals surface area (Å²) in [4.78, 5) is 11.5. The number of ether oxygens (including phenoxy) is 2. The summed E-state index contributed by atoms with van der Waals surface area (Å²) in [7, 11) is 1.59. The van der Waals surface area contributed by atoms with E-state index >= 15 is 0 Å². The first-order valence-electron chi connectivity index (χ1n) is 8.33. The predicted octanol–water partition coefficient (Wildman–Crippen LogP) is 3.27. The van der Waals surface area contributed by atoms with Gasteiger partial charge >= 0.3 is 5.97 Å². The van der Waals surface area contributed by atoms with E-state index < -0.39 is 12.0 Å².